The Labute approximate surface area is 182 Å². The number of hydrogen-bond donors (Lipinski definition) is 1. The van der Waals surface area contributed by atoms with E-state index >= 15 is 0 Å². The fraction of sp³-hybridized carbons (Fsp3) is 0.440. The van der Waals surface area contributed by atoms with Crippen LogP contribution in [0.1, 0.15) is 20.8 Å². The Morgan fingerprint density at radius 2 is 1.65 bits per heavy atom. The van der Waals surface area contributed by atoms with Gasteiger partial charge in [0, 0.05) is 21.5 Å². The molecule has 0 bridgehead atoms. The molecule has 3 aromatic rings. The number of fused-ring (bicyclic) bond motifs is 2. The maximum absolute atomic E-state index is 10.9. The molecule has 166 valence electrons. The molecule has 4 rings (SSSR count). The minimum Gasteiger partial charge on any atom is -0.507 e. The molecule has 0 aromatic heterocycles. The van der Waals surface area contributed by atoms with E-state index in [1.807, 2.05) is 63.2 Å². The van der Waals surface area contributed by atoms with E-state index in [-0.39, 0.29) is 24.1 Å². The van der Waals surface area contributed by atoms with Crippen LogP contribution in [0.2, 0.25) is 0 Å². The van der Waals surface area contributed by atoms with Gasteiger partial charge >= 0.3 is 0 Å². The summed E-state index contributed by atoms with van der Waals surface area (Å²) in [7, 11) is 0. The van der Waals surface area contributed by atoms with E-state index < -0.39 is 0 Å². The standard InChI is InChI=1S/C25H30O6/c1-4-27-18-9-10-22-23(11-18)24(26)20-7-5-6-8-21(20)25(22)31-13-17(3)28-12-16(2)29-14-19-15-30-19/h5-11,16-17,19,26H,4,12-15H2,1-3H3. The zero-order chi connectivity index (χ0) is 21.8. The van der Waals surface area contributed by atoms with Crippen molar-refractivity contribution in [3.63, 3.8) is 0 Å². The third-order valence-electron chi connectivity index (χ3n) is 5.28. The summed E-state index contributed by atoms with van der Waals surface area (Å²) >= 11 is 0. The Kier molecular flexibility index (Phi) is 6.80. The number of epoxide rings is 1. The van der Waals surface area contributed by atoms with E-state index in [0.717, 1.165) is 28.5 Å². The lowest BCUT2D eigenvalue weighted by Crippen LogP contribution is -2.25. The number of benzene rings is 3. The van der Waals surface area contributed by atoms with Gasteiger partial charge in [0.05, 0.1) is 38.6 Å². The predicted octanol–water partition coefficient (Wildman–Crippen LogP) is 4.69. The fourth-order valence-electron chi connectivity index (χ4n) is 3.54. The molecule has 1 aliphatic rings. The number of ether oxygens (including phenoxy) is 5. The first-order chi connectivity index (χ1) is 15.1. The van der Waals surface area contributed by atoms with Gasteiger partial charge < -0.3 is 28.8 Å². The second-order valence-corrected chi connectivity index (χ2v) is 7.92. The summed E-state index contributed by atoms with van der Waals surface area (Å²) in [5.74, 6) is 1.68. The molecule has 1 heterocycles. The van der Waals surface area contributed by atoms with Gasteiger partial charge in [-0.1, -0.05) is 24.3 Å². The van der Waals surface area contributed by atoms with Crippen molar-refractivity contribution in [1.82, 2.24) is 0 Å². The molecule has 6 heteroatoms. The molecule has 0 aliphatic carbocycles. The fourth-order valence-corrected chi connectivity index (χ4v) is 3.54. The summed E-state index contributed by atoms with van der Waals surface area (Å²) in [6.45, 7) is 8.76. The van der Waals surface area contributed by atoms with Crippen LogP contribution in [-0.2, 0) is 14.2 Å². The lowest BCUT2D eigenvalue weighted by atomic mass is 10.0. The molecular weight excluding hydrogens is 396 g/mol. The molecule has 1 aliphatic heterocycles. The summed E-state index contributed by atoms with van der Waals surface area (Å²) in [4.78, 5) is 0. The van der Waals surface area contributed by atoms with Crippen molar-refractivity contribution in [3.05, 3.63) is 42.5 Å². The Balaban J connectivity index is 1.50. The van der Waals surface area contributed by atoms with Crippen LogP contribution in [0.15, 0.2) is 42.5 Å². The molecule has 1 N–H and O–H groups in total. The van der Waals surface area contributed by atoms with Crippen molar-refractivity contribution < 1.29 is 28.8 Å². The summed E-state index contributed by atoms with van der Waals surface area (Å²) in [5.41, 5.74) is 0. The highest BCUT2D eigenvalue weighted by atomic mass is 16.6. The van der Waals surface area contributed by atoms with Gasteiger partial charge in [-0.3, -0.25) is 0 Å². The summed E-state index contributed by atoms with van der Waals surface area (Å²) in [6, 6.07) is 13.4. The van der Waals surface area contributed by atoms with Crippen molar-refractivity contribution in [2.75, 3.05) is 33.0 Å². The van der Waals surface area contributed by atoms with Gasteiger partial charge in [0.2, 0.25) is 0 Å². The van der Waals surface area contributed by atoms with E-state index in [0.29, 0.717) is 37.6 Å². The number of rotatable bonds is 11. The monoisotopic (exact) mass is 426 g/mol. The molecule has 3 unspecified atom stereocenters. The van der Waals surface area contributed by atoms with Crippen LogP contribution in [-0.4, -0.2) is 56.5 Å². The largest absolute Gasteiger partial charge is 0.507 e. The zero-order valence-corrected chi connectivity index (χ0v) is 18.3. The minimum atomic E-state index is -0.117. The van der Waals surface area contributed by atoms with Gasteiger partial charge in [0.1, 0.15) is 30.0 Å². The van der Waals surface area contributed by atoms with Gasteiger partial charge in [0.15, 0.2) is 0 Å². The van der Waals surface area contributed by atoms with Gasteiger partial charge in [-0.15, -0.1) is 0 Å². The van der Waals surface area contributed by atoms with Crippen molar-refractivity contribution >= 4 is 21.5 Å². The van der Waals surface area contributed by atoms with Gasteiger partial charge in [-0.2, -0.15) is 0 Å². The SMILES string of the molecule is CCOc1ccc2c(OCC(C)OCC(C)OCC3CO3)c3ccccc3c(O)c2c1. The van der Waals surface area contributed by atoms with Crippen molar-refractivity contribution in [2.45, 2.75) is 39.1 Å². The molecule has 0 radical (unpaired) electrons. The molecular formula is C25H30O6. The lowest BCUT2D eigenvalue weighted by molar-refractivity contribution is -0.0449. The maximum Gasteiger partial charge on any atom is 0.135 e. The first-order valence-electron chi connectivity index (χ1n) is 10.8. The highest BCUT2D eigenvalue weighted by molar-refractivity contribution is 6.11. The van der Waals surface area contributed by atoms with E-state index in [1.165, 1.54) is 0 Å². The van der Waals surface area contributed by atoms with E-state index in [1.54, 1.807) is 0 Å². The van der Waals surface area contributed by atoms with E-state index in [9.17, 15) is 5.11 Å². The maximum atomic E-state index is 10.9. The van der Waals surface area contributed by atoms with Crippen molar-refractivity contribution in [3.8, 4) is 17.2 Å². The highest BCUT2D eigenvalue weighted by Crippen LogP contribution is 2.43. The highest BCUT2D eigenvalue weighted by Gasteiger charge is 2.23. The average Bonchev–Trinajstić information content (AvgIpc) is 3.61. The van der Waals surface area contributed by atoms with Crippen LogP contribution in [0.4, 0.5) is 0 Å². The molecule has 1 saturated heterocycles. The predicted molar refractivity (Wildman–Crippen MR) is 120 cm³/mol. The second-order valence-electron chi connectivity index (χ2n) is 7.92. The minimum absolute atomic E-state index is 0.000954. The third kappa shape index (κ3) is 5.21. The summed E-state index contributed by atoms with van der Waals surface area (Å²) < 4.78 is 28.7. The quantitative estimate of drug-likeness (QED) is 0.354. The number of phenols is 1. The number of aromatic hydroxyl groups is 1. The molecule has 3 atom stereocenters. The molecule has 0 amide bonds. The molecule has 0 spiro atoms. The Hall–Kier alpha value is -2.54. The van der Waals surface area contributed by atoms with Gasteiger partial charge in [-0.05, 0) is 39.0 Å². The van der Waals surface area contributed by atoms with Crippen molar-refractivity contribution in [2.24, 2.45) is 0 Å². The topological polar surface area (TPSA) is 69.7 Å². The zero-order valence-electron chi connectivity index (χ0n) is 18.3. The normalized spacial score (nSPS) is 17.6. The smallest absolute Gasteiger partial charge is 0.135 e. The van der Waals surface area contributed by atoms with E-state index in [4.69, 9.17) is 23.7 Å². The van der Waals surface area contributed by atoms with Crippen LogP contribution >= 0.6 is 0 Å². The molecule has 0 saturated carbocycles. The molecule has 31 heavy (non-hydrogen) atoms. The van der Waals surface area contributed by atoms with Crippen LogP contribution in [0.3, 0.4) is 0 Å². The summed E-state index contributed by atoms with van der Waals surface area (Å²) in [6.07, 6.45) is 0.134. The third-order valence-corrected chi connectivity index (χ3v) is 5.28. The van der Waals surface area contributed by atoms with Crippen LogP contribution in [0.5, 0.6) is 17.2 Å². The average molecular weight is 427 g/mol. The van der Waals surface area contributed by atoms with Crippen molar-refractivity contribution in [1.29, 1.82) is 0 Å². The first-order valence-corrected chi connectivity index (χ1v) is 10.8. The number of hydrogen-bond acceptors (Lipinski definition) is 6. The lowest BCUT2D eigenvalue weighted by Gasteiger charge is -2.20. The van der Waals surface area contributed by atoms with E-state index in [2.05, 4.69) is 0 Å². The van der Waals surface area contributed by atoms with Crippen LogP contribution in [0, 0.1) is 0 Å². The molecule has 1 fully saturated rings. The van der Waals surface area contributed by atoms with Crippen LogP contribution < -0.4 is 9.47 Å². The molecule has 3 aromatic carbocycles. The first kappa shape index (κ1) is 21.7. The number of phenolic OH excluding ortho intramolecular Hbond substituents is 1. The summed E-state index contributed by atoms with van der Waals surface area (Å²) in [5, 5.41) is 14.0. The van der Waals surface area contributed by atoms with Gasteiger partial charge in [-0.25, -0.2) is 0 Å². The second kappa shape index (κ2) is 9.73. The Morgan fingerprint density at radius 3 is 2.39 bits per heavy atom. The van der Waals surface area contributed by atoms with Gasteiger partial charge in [0.25, 0.3) is 0 Å². The Morgan fingerprint density at radius 1 is 0.935 bits per heavy atom. The van der Waals surface area contributed by atoms with Crippen LogP contribution in [0.25, 0.3) is 21.5 Å². The Bertz CT molecular complexity index is 1030. The molecule has 6 nitrogen and oxygen atoms in total.